The molecule has 8 heteroatoms. The van der Waals surface area contributed by atoms with Gasteiger partial charge in [-0.2, -0.15) is 0 Å². The molecule has 2 atom stereocenters. The molecule has 1 saturated heterocycles. The number of hydrogen-bond acceptors (Lipinski definition) is 5. The Labute approximate surface area is 143 Å². The van der Waals surface area contributed by atoms with E-state index in [-0.39, 0.29) is 42.9 Å². The Balaban J connectivity index is 0.00000220. The maximum absolute atomic E-state index is 12.1. The third-order valence-electron chi connectivity index (χ3n) is 3.41. The van der Waals surface area contributed by atoms with Crippen LogP contribution in [-0.2, 0) is 16.1 Å². The third kappa shape index (κ3) is 5.28. The van der Waals surface area contributed by atoms with Gasteiger partial charge < -0.3 is 20.7 Å². The molecule has 2 rings (SSSR count). The first-order chi connectivity index (χ1) is 9.61. The molecule has 1 aliphatic heterocycles. The zero-order chi connectivity index (χ0) is 14.5. The van der Waals surface area contributed by atoms with E-state index in [0.717, 1.165) is 24.2 Å². The van der Waals surface area contributed by atoms with Crippen molar-refractivity contribution in [2.24, 2.45) is 5.73 Å². The van der Waals surface area contributed by atoms with Gasteiger partial charge >= 0.3 is 0 Å². The van der Waals surface area contributed by atoms with E-state index in [1.165, 1.54) is 0 Å². The van der Waals surface area contributed by atoms with Gasteiger partial charge in [0.25, 0.3) is 0 Å². The Kier molecular flexibility index (Phi) is 9.36. The van der Waals surface area contributed by atoms with Crippen LogP contribution in [0.3, 0.4) is 0 Å². The molecule has 1 aromatic heterocycles. The van der Waals surface area contributed by atoms with Crippen molar-refractivity contribution in [1.82, 2.24) is 10.3 Å². The van der Waals surface area contributed by atoms with Gasteiger partial charge in [-0.25, -0.2) is 4.98 Å². The van der Waals surface area contributed by atoms with Gasteiger partial charge in [-0.05, 0) is 18.9 Å². The molecule has 0 spiro atoms. The molecule has 1 fully saturated rings. The Morgan fingerprint density at radius 2 is 2.18 bits per heavy atom. The second-order valence-corrected chi connectivity index (χ2v) is 5.16. The van der Waals surface area contributed by atoms with Crippen LogP contribution in [0.15, 0.2) is 18.3 Å². The molecule has 1 amide bonds. The molecule has 0 radical (unpaired) electrons. The van der Waals surface area contributed by atoms with Crippen molar-refractivity contribution >= 4 is 36.5 Å². The highest BCUT2D eigenvalue weighted by Gasteiger charge is 2.29. The highest BCUT2D eigenvalue weighted by molar-refractivity contribution is 5.85. The third-order valence-corrected chi connectivity index (χ3v) is 3.41. The molecule has 2 heterocycles. The molecular weight excluding hydrogens is 327 g/mol. The van der Waals surface area contributed by atoms with Crippen molar-refractivity contribution in [3.63, 3.8) is 0 Å². The Morgan fingerprint density at radius 3 is 2.77 bits per heavy atom. The van der Waals surface area contributed by atoms with Gasteiger partial charge in [0.05, 0.1) is 6.10 Å². The zero-order valence-corrected chi connectivity index (χ0v) is 14.5. The van der Waals surface area contributed by atoms with Crippen molar-refractivity contribution in [1.29, 1.82) is 0 Å². The first kappa shape index (κ1) is 20.9. The largest absolute Gasteiger partial charge is 0.364 e. The minimum Gasteiger partial charge on any atom is -0.364 e. The molecule has 0 saturated carbocycles. The molecule has 0 aromatic carbocycles. The van der Waals surface area contributed by atoms with Crippen LogP contribution in [0.5, 0.6) is 0 Å². The van der Waals surface area contributed by atoms with E-state index in [4.69, 9.17) is 10.5 Å². The zero-order valence-electron chi connectivity index (χ0n) is 12.8. The van der Waals surface area contributed by atoms with Crippen molar-refractivity contribution in [3.8, 4) is 0 Å². The number of anilines is 1. The SMILES string of the molecule is CN(C)c1ncccc1CNC(=O)[C@@H]1CC[C@H](CN)O1.Cl.Cl. The summed E-state index contributed by atoms with van der Waals surface area (Å²) in [6.45, 7) is 0.921. The van der Waals surface area contributed by atoms with Crippen LogP contribution in [0.25, 0.3) is 0 Å². The number of nitrogens with two attached hydrogens (primary N) is 1. The summed E-state index contributed by atoms with van der Waals surface area (Å²) in [5.74, 6) is 0.787. The van der Waals surface area contributed by atoms with Gasteiger partial charge in [0, 0.05) is 38.9 Å². The number of amides is 1. The number of nitrogens with zero attached hydrogens (tertiary/aromatic N) is 2. The van der Waals surface area contributed by atoms with Gasteiger partial charge in [0.15, 0.2) is 0 Å². The second kappa shape index (κ2) is 9.84. The first-order valence-electron chi connectivity index (χ1n) is 6.86. The lowest BCUT2D eigenvalue weighted by molar-refractivity contribution is -0.132. The van der Waals surface area contributed by atoms with Gasteiger partial charge in [0.2, 0.25) is 5.91 Å². The molecule has 126 valence electrons. The predicted octanol–water partition coefficient (Wildman–Crippen LogP) is 1.11. The predicted molar refractivity (Wildman–Crippen MR) is 91.9 cm³/mol. The number of hydrogen-bond donors (Lipinski definition) is 2. The molecule has 22 heavy (non-hydrogen) atoms. The number of aromatic nitrogens is 1. The molecule has 0 unspecified atom stereocenters. The van der Waals surface area contributed by atoms with Crippen molar-refractivity contribution < 1.29 is 9.53 Å². The summed E-state index contributed by atoms with van der Waals surface area (Å²) in [4.78, 5) is 18.3. The minimum absolute atomic E-state index is 0. The van der Waals surface area contributed by atoms with Crippen molar-refractivity contribution in [2.75, 3.05) is 25.5 Å². The van der Waals surface area contributed by atoms with Crippen LogP contribution in [0.2, 0.25) is 0 Å². The lowest BCUT2D eigenvalue weighted by atomic mass is 10.2. The number of nitrogens with one attached hydrogen (secondary N) is 1. The fourth-order valence-electron chi connectivity index (χ4n) is 2.34. The van der Waals surface area contributed by atoms with Crippen LogP contribution < -0.4 is 16.0 Å². The van der Waals surface area contributed by atoms with Crippen LogP contribution in [-0.4, -0.2) is 43.7 Å². The number of rotatable bonds is 5. The molecule has 3 N–H and O–H groups in total. The van der Waals surface area contributed by atoms with Crippen LogP contribution in [0.1, 0.15) is 18.4 Å². The standard InChI is InChI=1S/C14H22N4O2.2ClH/c1-18(2)13-10(4-3-7-16-13)9-17-14(19)12-6-5-11(8-15)20-12;;/h3-4,7,11-12H,5-6,8-9,15H2,1-2H3,(H,17,19);2*1H/t11-,12+;;/m1../s1. The number of pyridine rings is 1. The van der Waals surface area contributed by atoms with Crippen molar-refractivity contribution in [3.05, 3.63) is 23.9 Å². The number of carbonyl (C=O) groups excluding carboxylic acids is 1. The van der Waals surface area contributed by atoms with Crippen LogP contribution in [0, 0.1) is 0 Å². The van der Waals surface area contributed by atoms with E-state index < -0.39 is 0 Å². The monoisotopic (exact) mass is 350 g/mol. The summed E-state index contributed by atoms with van der Waals surface area (Å²) in [5.41, 5.74) is 6.53. The fourth-order valence-corrected chi connectivity index (χ4v) is 2.34. The Morgan fingerprint density at radius 1 is 1.45 bits per heavy atom. The van der Waals surface area contributed by atoms with Gasteiger partial charge in [-0.1, -0.05) is 6.07 Å². The Hall–Kier alpha value is -1.08. The average molecular weight is 351 g/mol. The number of carbonyl (C=O) groups is 1. The normalized spacial score (nSPS) is 19.8. The lowest BCUT2D eigenvalue weighted by Gasteiger charge is -2.17. The Bertz CT molecular complexity index is 474. The summed E-state index contributed by atoms with van der Waals surface area (Å²) in [6, 6.07) is 3.83. The molecule has 6 nitrogen and oxygen atoms in total. The van der Waals surface area contributed by atoms with E-state index >= 15 is 0 Å². The van der Waals surface area contributed by atoms with Crippen LogP contribution >= 0.6 is 24.8 Å². The minimum atomic E-state index is -0.372. The van der Waals surface area contributed by atoms with Crippen molar-refractivity contribution in [2.45, 2.75) is 31.6 Å². The maximum atomic E-state index is 12.1. The fraction of sp³-hybridized carbons (Fsp3) is 0.571. The van der Waals surface area contributed by atoms with E-state index in [1.54, 1.807) is 6.20 Å². The number of ether oxygens (including phenoxy) is 1. The summed E-state index contributed by atoms with van der Waals surface area (Å²) >= 11 is 0. The molecule has 1 aromatic rings. The van der Waals surface area contributed by atoms with Gasteiger partial charge in [0.1, 0.15) is 11.9 Å². The van der Waals surface area contributed by atoms with E-state index in [2.05, 4.69) is 10.3 Å². The highest BCUT2D eigenvalue weighted by atomic mass is 35.5. The summed E-state index contributed by atoms with van der Waals surface area (Å²) in [7, 11) is 3.86. The van der Waals surface area contributed by atoms with E-state index in [9.17, 15) is 4.79 Å². The second-order valence-electron chi connectivity index (χ2n) is 5.16. The molecular formula is C14H24Cl2N4O2. The number of halogens is 2. The van der Waals surface area contributed by atoms with Crippen LogP contribution in [0.4, 0.5) is 5.82 Å². The van der Waals surface area contributed by atoms with E-state index in [1.807, 2.05) is 31.1 Å². The quantitative estimate of drug-likeness (QED) is 0.831. The maximum Gasteiger partial charge on any atom is 0.249 e. The summed E-state index contributed by atoms with van der Waals surface area (Å²) in [6.07, 6.45) is 2.97. The molecule has 1 aliphatic rings. The van der Waals surface area contributed by atoms with Gasteiger partial charge in [-0.15, -0.1) is 24.8 Å². The average Bonchev–Trinajstić information content (AvgIpc) is 2.94. The topological polar surface area (TPSA) is 80.5 Å². The van der Waals surface area contributed by atoms with E-state index in [0.29, 0.717) is 13.1 Å². The molecule has 0 bridgehead atoms. The molecule has 0 aliphatic carbocycles. The lowest BCUT2D eigenvalue weighted by Crippen LogP contribution is -2.35. The summed E-state index contributed by atoms with van der Waals surface area (Å²) < 4.78 is 5.58. The van der Waals surface area contributed by atoms with Gasteiger partial charge in [-0.3, -0.25) is 4.79 Å². The first-order valence-corrected chi connectivity index (χ1v) is 6.86. The smallest absolute Gasteiger partial charge is 0.249 e. The highest BCUT2D eigenvalue weighted by Crippen LogP contribution is 2.19. The summed E-state index contributed by atoms with van der Waals surface area (Å²) in [5, 5.41) is 2.91.